The first-order chi connectivity index (χ1) is 11.5. The van der Waals surface area contributed by atoms with E-state index in [-0.39, 0.29) is 17.4 Å². The van der Waals surface area contributed by atoms with Gasteiger partial charge in [0.15, 0.2) is 5.76 Å². The second kappa shape index (κ2) is 6.68. The van der Waals surface area contributed by atoms with Crippen LogP contribution in [0.5, 0.6) is 0 Å². The number of nitrogens with zero attached hydrogens (tertiary/aromatic N) is 1. The molecule has 1 N–H and O–H groups in total. The topological polar surface area (TPSA) is 79.6 Å². The molecule has 1 aromatic carbocycles. The zero-order valence-electron chi connectivity index (χ0n) is 13.5. The van der Waals surface area contributed by atoms with Crippen molar-refractivity contribution in [3.05, 3.63) is 47.9 Å². The quantitative estimate of drug-likeness (QED) is 0.901. The first-order valence-electron chi connectivity index (χ1n) is 7.99. The predicted molar refractivity (Wildman–Crippen MR) is 92.8 cm³/mol. The van der Waals surface area contributed by atoms with E-state index in [2.05, 4.69) is 5.32 Å². The Kier molecular flexibility index (Phi) is 4.62. The van der Waals surface area contributed by atoms with Gasteiger partial charge in [-0.1, -0.05) is 6.92 Å². The van der Waals surface area contributed by atoms with E-state index in [9.17, 15) is 13.2 Å². The molecule has 1 aromatic heterocycles. The smallest absolute Gasteiger partial charge is 0.291 e. The molecular weight excluding hydrogens is 328 g/mol. The van der Waals surface area contributed by atoms with E-state index >= 15 is 0 Å². The first kappa shape index (κ1) is 16.6. The molecule has 2 heterocycles. The lowest BCUT2D eigenvalue weighted by Crippen LogP contribution is -2.37. The molecule has 7 heteroatoms. The number of furan rings is 1. The molecule has 3 rings (SSSR count). The molecule has 0 spiro atoms. The van der Waals surface area contributed by atoms with E-state index in [1.54, 1.807) is 24.3 Å². The molecule has 0 saturated carbocycles. The van der Waals surface area contributed by atoms with Crippen molar-refractivity contribution in [2.75, 3.05) is 21.9 Å². The van der Waals surface area contributed by atoms with Crippen LogP contribution in [0.2, 0.25) is 0 Å². The Balaban J connectivity index is 1.84. The van der Waals surface area contributed by atoms with Crippen LogP contribution in [0, 0.1) is 0 Å². The monoisotopic (exact) mass is 348 g/mol. The normalized spacial score (nSPS) is 14.3. The van der Waals surface area contributed by atoms with Crippen LogP contribution in [0.1, 0.15) is 35.9 Å². The molecule has 0 aliphatic carbocycles. The van der Waals surface area contributed by atoms with Gasteiger partial charge in [0.25, 0.3) is 5.91 Å². The molecule has 24 heavy (non-hydrogen) atoms. The number of carbonyl (C=O) groups excluding carboxylic acids is 1. The molecule has 128 valence electrons. The lowest BCUT2D eigenvalue weighted by Gasteiger charge is -2.30. The van der Waals surface area contributed by atoms with E-state index in [0.717, 1.165) is 18.4 Å². The van der Waals surface area contributed by atoms with Gasteiger partial charge in [-0.15, -0.1) is 0 Å². The molecule has 0 fully saturated rings. The number of amides is 1. The predicted octanol–water partition coefficient (Wildman–Crippen LogP) is 3.02. The minimum atomic E-state index is -3.29. The third-order valence-corrected chi connectivity index (χ3v) is 5.93. The van der Waals surface area contributed by atoms with Crippen LogP contribution in [-0.2, 0) is 16.4 Å². The Morgan fingerprint density at radius 1 is 1.33 bits per heavy atom. The van der Waals surface area contributed by atoms with Gasteiger partial charge in [-0.25, -0.2) is 8.42 Å². The summed E-state index contributed by atoms with van der Waals surface area (Å²) in [4.78, 5) is 12.0. The van der Waals surface area contributed by atoms with Gasteiger partial charge in [-0.2, -0.15) is 0 Å². The van der Waals surface area contributed by atoms with Gasteiger partial charge in [-0.3, -0.25) is 9.10 Å². The molecule has 0 atom stereocenters. The van der Waals surface area contributed by atoms with Crippen molar-refractivity contribution in [2.24, 2.45) is 0 Å². The number of aryl methyl sites for hydroxylation is 1. The number of fused-ring (bicyclic) bond motifs is 1. The largest absolute Gasteiger partial charge is 0.459 e. The van der Waals surface area contributed by atoms with Crippen LogP contribution in [-0.4, -0.2) is 26.6 Å². The van der Waals surface area contributed by atoms with Crippen molar-refractivity contribution >= 4 is 27.3 Å². The van der Waals surface area contributed by atoms with Gasteiger partial charge < -0.3 is 9.73 Å². The highest BCUT2D eigenvalue weighted by Crippen LogP contribution is 2.32. The van der Waals surface area contributed by atoms with Crippen molar-refractivity contribution in [3.8, 4) is 0 Å². The van der Waals surface area contributed by atoms with Gasteiger partial charge in [0.2, 0.25) is 10.0 Å². The number of carbonyl (C=O) groups is 1. The number of hydrogen-bond acceptors (Lipinski definition) is 4. The summed E-state index contributed by atoms with van der Waals surface area (Å²) in [6, 6.07) is 8.56. The molecule has 0 unspecified atom stereocenters. The summed E-state index contributed by atoms with van der Waals surface area (Å²) < 4.78 is 31.4. The molecular formula is C17H20N2O4S. The lowest BCUT2D eigenvalue weighted by molar-refractivity contribution is 0.0996. The van der Waals surface area contributed by atoms with Crippen LogP contribution in [0.25, 0.3) is 0 Å². The van der Waals surface area contributed by atoms with Gasteiger partial charge in [0.1, 0.15) is 0 Å². The second-order valence-electron chi connectivity index (χ2n) is 5.77. The van der Waals surface area contributed by atoms with E-state index in [4.69, 9.17) is 4.42 Å². The maximum atomic E-state index is 12.4. The number of benzene rings is 1. The average molecular weight is 348 g/mol. The number of sulfonamides is 1. The van der Waals surface area contributed by atoms with E-state index in [1.807, 2.05) is 13.0 Å². The van der Waals surface area contributed by atoms with Crippen molar-refractivity contribution in [1.29, 1.82) is 0 Å². The van der Waals surface area contributed by atoms with Crippen molar-refractivity contribution in [1.82, 2.24) is 0 Å². The maximum absolute atomic E-state index is 12.4. The number of hydrogen-bond donors (Lipinski definition) is 1. The summed E-state index contributed by atoms with van der Waals surface area (Å²) in [6.45, 7) is 2.36. The molecule has 1 aliphatic rings. The molecule has 1 aliphatic heterocycles. The third kappa shape index (κ3) is 3.31. The maximum Gasteiger partial charge on any atom is 0.291 e. The third-order valence-electron chi connectivity index (χ3n) is 3.96. The Bertz CT molecular complexity index is 828. The number of anilines is 2. The molecule has 0 radical (unpaired) electrons. The summed E-state index contributed by atoms with van der Waals surface area (Å²) >= 11 is 0. The minimum Gasteiger partial charge on any atom is -0.459 e. The summed E-state index contributed by atoms with van der Waals surface area (Å²) in [5.74, 6) is 0.0507. The average Bonchev–Trinajstić information content (AvgIpc) is 3.08. The Hall–Kier alpha value is -2.28. The van der Waals surface area contributed by atoms with Gasteiger partial charge in [0, 0.05) is 12.2 Å². The van der Waals surface area contributed by atoms with Crippen LogP contribution >= 0.6 is 0 Å². The fraction of sp³-hybridized carbons (Fsp3) is 0.353. The summed E-state index contributed by atoms with van der Waals surface area (Å²) in [5, 5.41) is 2.77. The Morgan fingerprint density at radius 2 is 2.17 bits per heavy atom. The highest BCUT2D eigenvalue weighted by molar-refractivity contribution is 7.92. The number of nitrogens with one attached hydrogen (secondary N) is 1. The van der Waals surface area contributed by atoms with Gasteiger partial charge in [-0.05, 0) is 55.2 Å². The van der Waals surface area contributed by atoms with Crippen LogP contribution in [0.4, 0.5) is 11.4 Å². The van der Waals surface area contributed by atoms with Crippen LogP contribution in [0.15, 0.2) is 41.0 Å². The van der Waals surface area contributed by atoms with Crippen molar-refractivity contribution < 1.29 is 17.6 Å². The van der Waals surface area contributed by atoms with Crippen molar-refractivity contribution in [3.63, 3.8) is 0 Å². The molecule has 1 amide bonds. The lowest BCUT2D eigenvalue weighted by atomic mass is 10.0. The second-order valence-corrected chi connectivity index (χ2v) is 7.78. The van der Waals surface area contributed by atoms with E-state index < -0.39 is 10.0 Å². The Morgan fingerprint density at radius 3 is 2.88 bits per heavy atom. The molecule has 2 aromatic rings. The zero-order chi connectivity index (χ0) is 17.2. The summed E-state index contributed by atoms with van der Waals surface area (Å²) in [5.41, 5.74) is 2.27. The standard InChI is InChI=1S/C17H20N2O4S/c1-2-11-24(21,22)19-9-3-5-13-12-14(7-8-15(13)19)18-17(20)16-6-4-10-23-16/h4,6-8,10,12H,2-3,5,9,11H2,1H3,(H,18,20). The molecule has 6 nitrogen and oxygen atoms in total. The minimum absolute atomic E-state index is 0.142. The first-order valence-corrected chi connectivity index (χ1v) is 9.60. The fourth-order valence-electron chi connectivity index (χ4n) is 2.90. The molecule has 0 bridgehead atoms. The summed E-state index contributed by atoms with van der Waals surface area (Å²) in [6.07, 6.45) is 3.59. The van der Waals surface area contributed by atoms with Crippen molar-refractivity contribution in [2.45, 2.75) is 26.2 Å². The molecule has 0 saturated heterocycles. The van der Waals surface area contributed by atoms with E-state index in [1.165, 1.54) is 10.6 Å². The van der Waals surface area contributed by atoms with E-state index in [0.29, 0.717) is 24.3 Å². The Labute approximate surface area is 141 Å². The highest BCUT2D eigenvalue weighted by Gasteiger charge is 2.27. The van der Waals surface area contributed by atoms with Gasteiger partial charge >= 0.3 is 0 Å². The van der Waals surface area contributed by atoms with Crippen LogP contribution < -0.4 is 9.62 Å². The zero-order valence-corrected chi connectivity index (χ0v) is 14.3. The summed E-state index contributed by atoms with van der Waals surface area (Å²) in [7, 11) is -3.29. The van der Waals surface area contributed by atoms with Gasteiger partial charge in [0.05, 0.1) is 17.7 Å². The fourth-order valence-corrected chi connectivity index (χ4v) is 4.52. The highest BCUT2D eigenvalue weighted by atomic mass is 32.2. The number of rotatable bonds is 5. The van der Waals surface area contributed by atoms with Crippen LogP contribution in [0.3, 0.4) is 0 Å². The SMILES string of the molecule is CCCS(=O)(=O)N1CCCc2cc(NC(=O)c3ccco3)ccc21.